The first-order valence-electron chi connectivity index (χ1n) is 12.1. The Morgan fingerprint density at radius 3 is 2.53 bits per heavy atom. The van der Waals surface area contributed by atoms with E-state index in [9.17, 15) is 9.59 Å². The molecule has 2 fully saturated rings. The van der Waals surface area contributed by atoms with Crippen LogP contribution >= 0.6 is 0 Å². The molecule has 1 saturated carbocycles. The smallest absolute Gasteiger partial charge is 0.228 e. The second-order valence-electron chi connectivity index (χ2n) is 9.46. The number of piperidine rings is 1. The molecular formula is C26H32N4O2. The highest BCUT2D eigenvalue weighted by molar-refractivity contribution is 5.95. The van der Waals surface area contributed by atoms with Crippen molar-refractivity contribution in [2.24, 2.45) is 5.92 Å². The van der Waals surface area contributed by atoms with Gasteiger partial charge in [0.1, 0.15) is 5.82 Å². The zero-order chi connectivity index (χ0) is 22.1. The number of carbonyl (C=O) groups excluding carboxylic acids is 2. The van der Waals surface area contributed by atoms with Gasteiger partial charge in [0.15, 0.2) is 5.82 Å². The normalized spacial score (nSPS) is 21.7. The molecule has 168 valence electrons. The number of rotatable bonds is 4. The minimum absolute atomic E-state index is 0.0866. The molecule has 2 aliphatic heterocycles. The van der Waals surface area contributed by atoms with E-state index in [-0.39, 0.29) is 23.8 Å². The van der Waals surface area contributed by atoms with Crippen LogP contribution in [0.25, 0.3) is 0 Å². The van der Waals surface area contributed by atoms with Crippen LogP contribution in [0, 0.1) is 12.8 Å². The number of anilines is 1. The Balaban J connectivity index is 1.49. The van der Waals surface area contributed by atoms with Crippen molar-refractivity contribution >= 4 is 17.6 Å². The average Bonchev–Trinajstić information content (AvgIpc) is 3.36. The molecular weight excluding hydrogens is 400 g/mol. The molecule has 0 N–H and O–H groups in total. The zero-order valence-corrected chi connectivity index (χ0v) is 18.9. The lowest BCUT2D eigenvalue weighted by atomic mass is 9.96. The Hall–Kier alpha value is -2.76. The molecule has 3 heterocycles. The van der Waals surface area contributed by atoms with Crippen LogP contribution in [0.4, 0.5) is 5.82 Å². The predicted molar refractivity (Wildman–Crippen MR) is 123 cm³/mol. The Bertz CT molecular complexity index is 1000. The van der Waals surface area contributed by atoms with Crippen LogP contribution in [-0.4, -0.2) is 33.2 Å². The highest BCUT2D eigenvalue weighted by Gasteiger charge is 2.36. The van der Waals surface area contributed by atoms with E-state index < -0.39 is 0 Å². The summed E-state index contributed by atoms with van der Waals surface area (Å²) in [5.41, 5.74) is 3.09. The largest absolute Gasteiger partial charge is 0.332 e. The van der Waals surface area contributed by atoms with Crippen LogP contribution < -0.4 is 4.90 Å². The second kappa shape index (κ2) is 9.00. The fourth-order valence-corrected chi connectivity index (χ4v) is 5.55. The van der Waals surface area contributed by atoms with Crippen molar-refractivity contribution in [1.82, 2.24) is 14.9 Å². The van der Waals surface area contributed by atoms with Crippen LogP contribution in [0.15, 0.2) is 30.3 Å². The van der Waals surface area contributed by atoms with Gasteiger partial charge in [-0.3, -0.25) is 14.5 Å². The number of likely N-dealkylation sites (tertiary alicyclic amines) is 1. The van der Waals surface area contributed by atoms with Crippen LogP contribution in [0.5, 0.6) is 0 Å². The van der Waals surface area contributed by atoms with E-state index in [4.69, 9.17) is 9.97 Å². The molecule has 3 aliphatic rings. The van der Waals surface area contributed by atoms with Crippen molar-refractivity contribution in [3.05, 3.63) is 53.0 Å². The molecule has 2 amide bonds. The standard InChI is InChI=1S/C26H32N4O2/c1-18-21-14-15-23(31)30(17-19-9-3-2-4-10-19)25(21)28-24(27-18)22-13-7-8-16-29(22)26(32)20-11-5-6-12-20/h2-4,9-10,20,22H,5-8,11-17H2,1H3. The van der Waals surface area contributed by atoms with E-state index in [0.717, 1.165) is 74.1 Å². The highest BCUT2D eigenvalue weighted by Crippen LogP contribution is 2.37. The zero-order valence-electron chi connectivity index (χ0n) is 18.9. The molecule has 2 aromatic rings. The minimum Gasteiger partial charge on any atom is -0.332 e. The summed E-state index contributed by atoms with van der Waals surface area (Å²) in [6.07, 6.45) is 8.49. The maximum absolute atomic E-state index is 13.3. The van der Waals surface area contributed by atoms with E-state index in [1.807, 2.05) is 47.1 Å². The molecule has 1 saturated heterocycles. The SMILES string of the molecule is Cc1nc(C2CCCCN2C(=O)C2CCCC2)nc2c1CCC(=O)N2Cc1ccccc1. The lowest BCUT2D eigenvalue weighted by molar-refractivity contribution is -0.139. The summed E-state index contributed by atoms with van der Waals surface area (Å²) in [5, 5.41) is 0. The van der Waals surface area contributed by atoms with Gasteiger partial charge in [-0.2, -0.15) is 0 Å². The summed E-state index contributed by atoms with van der Waals surface area (Å²) in [4.78, 5) is 40.0. The summed E-state index contributed by atoms with van der Waals surface area (Å²) in [6, 6.07) is 9.97. The molecule has 1 unspecified atom stereocenters. The molecule has 6 heteroatoms. The Kier molecular flexibility index (Phi) is 5.94. The van der Waals surface area contributed by atoms with E-state index in [1.54, 1.807) is 0 Å². The van der Waals surface area contributed by atoms with Gasteiger partial charge in [-0.25, -0.2) is 9.97 Å². The van der Waals surface area contributed by atoms with Gasteiger partial charge >= 0.3 is 0 Å². The summed E-state index contributed by atoms with van der Waals surface area (Å²) in [6.45, 7) is 3.32. The number of nitrogens with zero attached hydrogens (tertiary/aromatic N) is 4. The number of carbonyl (C=O) groups is 2. The number of aromatic nitrogens is 2. The topological polar surface area (TPSA) is 66.4 Å². The third-order valence-electron chi connectivity index (χ3n) is 7.33. The molecule has 0 bridgehead atoms. The molecule has 32 heavy (non-hydrogen) atoms. The van der Waals surface area contributed by atoms with Gasteiger partial charge in [0, 0.05) is 30.1 Å². The van der Waals surface area contributed by atoms with Crippen LogP contribution in [0.2, 0.25) is 0 Å². The predicted octanol–water partition coefficient (Wildman–Crippen LogP) is 4.51. The maximum Gasteiger partial charge on any atom is 0.228 e. The first-order chi connectivity index (χ1) is 15.6. The quantitative estimate of drug-likeness (QED) is 0.713. The molecule has 0 radical (unpaired) electrons. The van der Waals surface area contributed by atoms with Gasteiger partial charge < -0.3 is 4.90 Å². The molecule has 5 rings (SSSR count). The molecule has 1 aliphatic carbocycles. The lowest BCUT2D eigenvalue weighted by Crippen LogP contribution is -2.43. The molecule has 6 nitrogen and oxygen atoms in total. The van der Waals surface area contributed by atoms with Crippen molar-refractivity contribution < 1.29 is 9.59 Å². The maximum atomic E-state index is 13.3. The molecule has 1 atom stereocenters. The van der Waals surface area contributed by atoms with Crippen molar-refractivity contribution in [3.63, 3.8) is 0 Å². The molecule has 1 aromatic carbocycles. The number of benzene rings is 1. The van der Waals surface area contributed by atoms with Crippen molar-refractivity contribution in [3.8, 4) is 0 Å². The Morgan fingerprint density at radius 2 is 1.75 bits per heavy atom. The summed E-state index contributed by atoms with van der Waals surface area (Å²) < 4.78 is 0. The Morgan fingerprint density at radius 1 is 1.00 bits per heavy atom. The third-order valence-corrected chi connectivity index (χ3v) is 7.33. The van der Waals surface area contributed by atoms with Gasteiger partial charge in [0.05, 0.1) is 12.6 Å². The van der Waals surface area contributed by atoms with Gasteiger partial charge in [0.2, 0.25) is 11.8 Å². The minimum atomic E-state index is -0.0866. The fourth-order valence-electron chi connectivity index (χ4n) is 5.55. The van der Waals surface area contributed by atoms with Crippen LogP contribution in [0.3, 0.4) is 0 Å². The first-order valence-corrected chi connectivity index (χ1v) is 12.1. The summed E-state index contributed by atoms with van der Waals surface area (Å²) >= 11 is 0. The number of amides is 2. The van der Waals surface area contributed by atoms with E-state index >= 15 is 0 Å². The van der Waals surface area contributed by atoms with Crippen molar-refractivity contribution in [2.45, 2.75) is 77.3 Å². The second-order valence-corrected chi connectivity index (χ2v) is 9.46. The number of hydrogen-bond donors (Lipinski definition) is 0. The van der Waals surface area contributed by atoms with Gasteiger partial charge in [-0.15, -0.1) is 0 Å². The van der Waals surface area contributed by atoms with Gasteiger partial charge in [-0.05, 0) is 51.0 Å². The average molecular weight is 433 g/mol. The van der Waals surface area contributed by atoms with E-state index in [1.165, 1.54) is 0 Å². The van der Waals surface area contributed by atoms with Crippen LogP contribution in [0.1, 0.15) is 80.1 Å². The number of hydrogen-bond acceptors (Lipinski definition) is 4. The molecule has 1 aromatic heterocycles. The van der Waals surface area contributed by atoms with Crippen molar-refractivity contribution in [1.29, 1.82) is 0 Å². The Labute approximate surface area is 190 Å². The van der Waals surface area contributed by atoms with E-state index in [0.29, 0.717) is 25.2 Å². The monoisotopic (exact) mass is 432 g/mol. The van der Waals surface area contributed by atoms with Crippen molar-refractivity contribution in [2.75, 3.05) is 11.4 Å². The molecule has 0 spiro atoms. The first kappa shape index (κ1) is 21.1. The highest BCUT2D eigenvalue weighted by atomic mass is 16.2. The number of aryl methyl sites for hydroxylation is 1. The lowest BCUT2D eigenvalue weighted by Gasteiger charge is -2.37. The van der Waals surface area contributed by atoms with Crippen LogP contribution in [-0.2, 0) is 22.6 Å². The van der Waals surface area contributed by atoms with Gasteiger partial charge in [0.25, 0.3) is 0 Å². The summed E-state index contributed by atoms with van der Waals surface area (Å²) in [5.74, 6) is 1.99. The fraction of sp³-hybridized carbons (Fsp3) is 0.538. The number of fused-ring (bicyclic) bond motifs is 1. The summed E-state index contributed by atoms with van der Waals surface area (Å²) in [7, 11) is 0. The third kappa shape index (κ3) is 4.03. The van der Waals surface area contributed by atoms with E-state index in [2.05, 4.69) is 0 Å². The van der Waals surface area contributed by atoms with Gasteiger partial charge in [-0.1, -0.05) is 43.2 Å².